The standard InChI is InChI=1S/C22H28N6O/c1-27(9-8-17-12-24-20-5-3-2-4-19(17)20)15-16-6-10-28(11-7-16)22-25-13-18(14-26-22)21(23)29/h2-5,12-14,16,24H,6-11,15H2,1H3,(H2,23,29). The zero-order chi connectivity index (χ0) is 20.2. The molecule has 152 valence electrons. The predicted octanol–water partition coefficient (Wildman–Crippen LogP) is 2.45. The molecule has 1 aliphatic heterocycles. The molecule has 0 saturated carbocycles. The minimum atomic E-state index is -0.495. The van der Waals surface area contributed by atoms with Gasteiger partial charge in [-0.1, -0.05) is 18.2 Å². The first kappa shape index (κ1) is 19.4. The molecule has 1 aromatic carbocycles. The van der Waals surface area contributed by atoms with Gasteiger partial charge in [0.1, 0.15) is 0 Å². The molecule has 1 saturated heterocycles. The summed E-state index contributed by atoms with van der Waals surface area (Å²) in [6.07, 6.45) is 8.46. The molecule has 3 N–H and O–H groups in total. The Morgan fingerprint density at radius 2 is 1.97 bits per heavy atom. The molecule has 0 aliphatic carbocycles. The first-order chi connectivity index (χ1) is 14.1. The molecule has 3 aromatic rings. The van der Waals surface area contributed by atoms with Gasteiger partial charge in [-0.2, -0.15) is 0 Å². The van der Waals surface area contributed by atoms with Gasteiger partial charge in [0.05, 0.1) is 5.56 Å². The van der Waals surface area contributed by atoms with E-state index in [9.17, 15) is 4.79 Å². The van der Waals surface area contributed by atoms with Crippen molar-refractivity contribution in [2.45, 2.75) is 19.3 Å². The van der Waals surface area contributed by atoms with Gasteiger partial charge in [-0.05, 0) is 43.9 Å². The molecule has 7 heteroatoms. The van der Waals surface area contributed by atoms with Crippen molar-refractivity contribution < 1.29 is 4.79 Å². The molecular formula is C22H28N6O. The van der Waals surface area contributed by atoms with Crippen LogP contribution in [-0.4, -0.2) is 59.0 Å². The highest BCUT2D eigenvalue weighted by Crippen LogP contribution is 2.22. The van der Waals surface area contributed by atoms with Crippen LogP contribution in [0.3, 0.4) is 0 Å². The molecule has 0 bridgehead atoms. The highest BCUT2D eigenvalue weighted by atomic mass is 16.1. The third-order valence-corrected chi connectivity index (χ3v) is 5.83. The maximum absolute atomic E-state index is 11.1. The Bertz CT molecular complexity index is 959. The number of hydrogen-bond donors (Lipinski definition) is 2. The number of benzene rings is 1. The van der Waals surface area contributed by atoms with Crippen LogP contribution < -0.4 is 10.6 Å². The molecule has 0 unspecified atom stereocenters. The topological polar surface area (TPSA) is 91.1 Å². The lowest BCUT2D eigenvalue weighted by Gasteiger charge is -2.33. The quantitative estimate of drug-likeness (QED) is 0.644. The van der Waals surface area contributed by atoms with Crippen molar-refractivity contribution in [3.05, 3.63) is 54.0 Å². The number of piperidine rings is 1. The number of primary amides is 1. The van der Waals surface area contributed by atoms with Crippen LogP contribution in [0.25, 0.3) is 10.9 Å². The van der Waals surface area contributed by atoms with Gasteiger partial charge in [0, 0.05) is 55.7 Å². The highest BCUT2D eigenvalue weighted by molar-refractivity contribution is 5.92. The Labute approximate surface area is 170 Å². The first-order valence-electron chi connectivity index (χ1n) is 10.2. The van der Waals surface area contributed by atoms with Gasteiger partial charge >= 0.3 is 0 Å². The van der Waals surface area contributed by atoms with Gasteiger partial charge in [-0.25, -0.2) is 9.97 Å². The van der Waals surface area contributed by atoms with Crippen LogP contribution in [-0.2, 0) is 6.42 Å². The molecule has 0 atom stereocenters. The lowest BCUT2D eigenvalue weighted by molar-refractivity contribution is 0.0999. The summed E-state index contributed by atoms with van der Waals surface area (Å²) in [5.74, 6) is 0.871. The Kier molecular flexibility index (Phi) is 5.76. The predicted molar refractivity (Wildman–Crippen MR) is 115 cm³/mol. The zero-order valence-corrected chi connectivity index (χ0v) is 16.8. The lowest BCUT2D eigenvalue weighted by Crippen LogP contribution is -2.39. The van der Waals surface area contributed by atoms with Crippen molar-refractivity contribution in [2.24, 2.45) is 11.7 Å². The molecule has 1 amide bonds. The van der Waals surface area contributed by atoms with E-state index < -0.39 is 5.91 Å². The molecule has 7 nitrogen and oxygen atoms in total. The summed E-state index contributed by atoms with van der Waals surface area (Å²) in [5.41, 5.74) is 8.20. The minimum Gasteiger partial charge on any atom is -0.366 e. The second-order valence-corrected chi connectivity index (χ2v) is 7.94. The third-order valence-electron chi connectivity index (χ3n) is 5.83. The number of carbonyl (C=O) groups is 1. The molecule has 3 heterocycles. The summed E-state index contributed by atoms with van der Waals surface area (Å²) in [6.45, 7) is 4.05. The molecular weight excluding hydrogens is 364 g/mol. The van der Waals surface area contributed by atoms with Crippen LogP contribution in [0.4, 0.5) is 5.95 Å². The van der Waals surface area contributed by atoms with E-state index in [4.69, 9.17) is 5.73 Å². The number of aromatic nitrogens is 3. The normalized spacial score (nSPS) is 15.3. The van der Waals surface area contributed by atoms with Crippen LogP contribution in [0.1, 0.15) is 28.8 Å². The summed E-state index contributed by atoms with van der Waals surface area (Å²) >= 11 is 0. The summed E-state index contributed by atoms with van der Waals surface area (Å²) in [5, 5.41) is 1.33. The summed E-state index contributed by atoms with van der Waals surface area (Å²) in [4.78, 5) is 27.7. The minimum absolute atomic E-state index is 0.348. The molecule has 4 rings (SSSR count). The fourth-order valence-electron chi connectivity index (χ4n) is 4.11. The average molecular weight is 393 g/mol. The first-order valence-corrected chi connectivity index (χ1v) is 10.2. The van der Waals surface area contributed by atoms with Crippen LogP contribution in [0.5, 0.6) is 0 Å². The van der Waals surface area contributed by atoms with E-state index in [1.165, 1.54) is 28.9 Å². The van der Waals surface area contributed by atoms with Crippen LogP contribution >= 0.6 is 0 Å². The van der Waals surface area contributed by atoms with Gasteiger partial charge in [-0.3, -0.25) is 4.79 Å². The number of carbonyl (C=O) groups excluding carboxylic acids is 1. The number of nitrogens with two attached hydrogens (primary N) is 1. The lowest BCUT2D eigenvalue weighted by atomic mass is 9.96. The fourth-order valence-corrected chi connectivity index (χ4v) is 4.11. The Morgan fingerprint density at radius 3 is 2.69 bits per heavy atom. The van der Waals surface area contributed by atoms with E-state index in [1.54, 1.807) is 0 Å². The van der Waals surface area contributed by atoms with Gasteiger partial charge < -0.3 is 20.5 Å². The number of fused-ring (bicyclic) bond motifs is 1. The van der Waals surface area contributed by atoms with Crippen molar-refractivity contribution in [3.63, 3.8) is 0 Å². The summed E-state index contributed by atoms with van der Waals surface area (Å²) in [6, 6.07) is 8.48. The largest absolute Gasteiger partial charge is 0.366 e. The SMILES string of the molecule is CN(CCc1c[nH]c2ccccc12)CC1CCN(c2ncc(C(N)=O)cn2)CC1. The van der Waals surface area contributed by atoms with E-state index in [0.29, 0.717) is 17.4 Å². The maximum Gasteiger partial charge on any atom is 0.251 e. The molecule has 1 aliphatic rings. The van der Waals surface area contributed by atoms with E-state index in [2.05, 4.69) is 62.3 Å². The Hall–Kier alpha value is -2.93. The highest BCUT2D eigenvalue weighted by Gasteiger charge is 2.22. The third kappa shape index (κ3) is 4.56. The van der Waals surface area contributed by atoms with Gasteiger partial charge in [0.15, 0.2) is 0 Å². The number of likely N-dealkylation sites (N-methyl/N-ethyl adjacent to an activating group) is 1. The van der Waals surface area contributed by atoms with Gasteiger partial charge in [-0.15, -0.1) is 0 Å². The van der Waals surface area contributed by atoms with Crippen LogP contribution in [0.2, 0.25) is 0 Å². The average Bonchev–Trinajstić information content (AvgIpc) is 3.16. The number of para-hydroxylation sites is 1. The summed E-state index contributed by atoms with van der Waals surface area (Å²) in [7, 11) is 2.22. The number of nitrogens with one attached hydrogen (secondary N) is 1. The molecule has 0 radical (unpaired) electrons. The van der Waals surface area contributed by atoms with Crippen molar-refractivity contribution in [2.75, 3.05) is 38.1 Å². The number of rotatable bonds is 7. The zero-order valence-electron chi connectivity index (χ0n) is 16.8. The fraction of sp³-hybridized carbons (Fsp3) is 0.409. The van der Waals surface area contributed by atoms with Crippen LogP contribution in [0, 0.1) is 5.92 Å². The molecule has 1 fully saturated rings. The Morgan fingerprint density at radius 1 is 1.24 bits per heavy atom. The van der Waals surface area contributed by atoms with E-state index in [0.717, 1.165) is 45.4 Å². The molecule has 29 heavy (non-hydrogen) atoms. The molecule has 0 spiro atoms. The number of anilines is 1. The maximum atomic E-state index is 11.1. The second-order valence-electron chi connectivity index (χ2n) is 7.94. The number of hydrogen-bond acceptors (Lipinski definition) is 5. The Balaban J connectivity index is 1.24. The van der Waals surface area contributed by atoms with Crippen molar-refractivity contribution in [1.29, 1.82) is 0 Å². The van der Waals surface area contributed by atoms with Crippen LogP contribution in [0.15, 0.2) is 42.9 Å². The number of H-pyrrole nitrogens is 1. The number of amides is 1. The van der Waals surface area contributed by atoms with E-state index in [1.807, 2.05) is 0 Å². The van der Waals surface area contributed by atoms with Crippen molar-refractivity contribution in [3.8, 4) is 0 Å². The summed E-state index contributed by atoms with van der Waals surface area (Å²) < 4.78 is 0. The smallest absolute Gasteiger partial charge is 0.251 e. The monoisotopic (exact) mass is 392 g/mol. The van der Waals surface area contributed by atoms with Crippen molar-refractivity contribution in [1.82, 2.24) is 19.9 Å². The van der Waals surface area contributed by atoms with Crippen molar-refractivity contribution >= 4 is 22.8 Å². The number of aromatic amines is 1. The van der Waals surface area contributed by atoms with E-state index >= 15 is 0 Å². The van der Waals surface area contributed by atoms with Gasteiger partial charge in [0.25, 0.3) is 5.91 Å². The number of nitrogens with zero attached hydrogens (tertiary/aromatic N) is 4. The molecule has 2 aromatic heterocycles. The van der Waals surface area contributed by atoms with E-state index in [-0.39, 0.29) is 0 Å². The van der Waals surface area contributed by atoms with Gasteiger partial charge in [0.2, 0.25) is 5.95 Å². The second kappa shape index (κ2) is 8.61.